The molecule has 0 spiro atoms. The minimum Gasteiger partial charge on any atom is -0.389 e. The number of hydrogen-bond acceptors (Lipinski definition) is 4. The number of nitrogens with one attached hydrogen (secondary N) is 1. The van der Waals surface area contributed by atoms with Gasteiger partial charge in [-0.1, -0.05) is 25.7 Å². The molecule has 2 fully saturated rings. The Morgan fingerprint density at radius 2 is 2.00 bits per heavy atom. The Balaban J connectivity index is 1.45. The molecule has 0 aliphatic heterocycles. The van der Waals surface area contributed by atoms with E-state index in [2.05, 4.69) is 15.7 Å². The summed E-state index contributed by atoms with van der Waals surface area (Å²) >= 11 is 1.79. The first-order chi connectivity index (χ1) is 9.25. The molecular weight excluding hydrogens is 256 g/mol. The summed E-state index contributed by atoms with van der Waals surface area (Å²) in [6, 6.07) is 0. The molecule has 1 aromatic rings. The molecule has 3 nitrogen and oxygen atoms in total. The zero-order valence-electron chi connectivity index (χ0n) is 11.5. The Labute approximate surface area is 119 Å². The summed E-state index contributed by atoms with van der Waals surface area (Å²) in [5.74, 6) is 0.754. The van der Waals surface area contributed by atoms with Crippen LogP contribution in [0.3, 0.4) is 0 Å². The zero-order chi connectivity index (χ0) is 13.1. The Kier molecular flexibility index (Phi) is 4.20. The molecule has 4 heteroatoms. The van der Waals surface area contributed by atoms with Crippen LogP contribution < -0.4 is 5.32 Å². The fraction of sp³-hybridized carbons (Fsp3) is 0.800. The second-order valence-corrected chi connectivity index (χ2v) is 7.08. The summed E-state index contributed by atoms with van der Waals surface area (Å²) in [5, 5.41) is 17.4. The van der Waals surface area contributed by atoms with Crippen molar-refractivity contribution in [2.24, 2.45) is 0 Å². The smallest absolute Gasteiger partial charge is 0.0959 e. The van der Waals surface area contributed by atoms with Crippen molar-refractivity contribution in [3.05, 3.63) is 16.1 Å². The van der Waals surface area contributed by atoms with Crippen LogP contribution in [0.15, 0.2) is 5.38 Å². The van der Waals surface area contributed by atoms with Gasteiger partial charge in [0.25, 0.3) is 0 Å². The van der Waals surface area contributed by atoms with E-state index >= 15 is 0 Å². The Hall–Kier alpha value is -0.450. The number of nitrogens with zero attached hydrogens (tertiary/aromatic N) is 1. The first-order valence-electron chi connectivity index (χ1n) is 7.63. The van der Waals surface area contributed by atoms with Crippen molar-refractivity contribution in [3.8, 4) is 0 Å². The van der Waals surface area contributed by atoms with Crippen LogP contribution in [0.5, 0.6) is 0 Å². The number of thiazole rings is 1. The summed E-state index contributed by atoms with van der Waals surface area (Å²) in [6.45, 7) is 1.51. The highest BCUT2D eigenvalue weighted by atomic mass is 32.1. The van der Waals surface area contributed by atoms with Crippen molar-refractivity contribution >= 4 is 11.3 Å². The molecule has 0 atom stereocenters. The van der Waals surface area contributed by atoms with Crippen LogP contribution in [-0.2, 0) is 6.54 Å². The van der Waals surface area contributed by atoms with E-state index in [4.69, 9.17) is 0 Å². The van der Waals surface area contributed by atoms with Crippen LogP contribution >= 0.6 is 11.3 Å². The molecule has 2 saturated carbocycles. The normalized spacial score (nSPS) is 23.2. The summed E-state index contributed by atoms with van der Waals surface area (Å²) in [4.78, 5) is 4.67. The van der Waals surface area contributed by atoms with Crippen LogP contribution in [0.2, 0.25) is 0 Å². The Morgan fingerprint density at radius 3 is 2.68 bits per heavy atom. The monoisotopic (exact) mass is 280 g/mol. The lowest BCUT2D eigenvalue weighted by Crippen LogP contribution is -2.39. The molecular formula is C15H24N2OS. The van der Waals surface area contributed by atoms with Crippen LogP contribution in [0.25, 0.3) is 0 Å². The predicted octanol–water partition coefficient (Wildman–Crippen LogP) is 3.20. The van der Waals surface area contributed by atoms with E-state index in [1.807, 2.05) is 0 Å². The second kappa shape index (κ2) is 5.90. The Bertz CT molecular complexity index is 406. The molecule has 106 valence electrons. The highest BCUT2D eigenvalue weighted by molar-refractivity contribution is 7.09. The average molecular weight is 280 g/mol. The molecule has 19 heavy (non-hydrogen) atoms. The maximum Gasteiger partial charge on any atom is 0.0959 e. The van der Waals surface area contributed by atoms with Crippen LogP contribution in [-0.4, -0.2) is 22.2 Å². The van der Waals surface area contributed by atoms with Gasteiger partial charge in [-0.25, -0.2) is 4.98 Å². The molecule has 0 radical (unpaired) electrons. The van der Waals surface area contributed by atoms with Crippen molar-refractivity contribution in [1.29, 1.82) is 0 Å². The predicted molar refractivity (Wildman–Crippen MR) is 78.4 cm³/mol. The standard InChI is InChI=1S/C15H24N2OS/c18-15(7-3-1-2-4-8-15)11-16-9-13-10-19-14(17-13)12-5-6-12/h10,12,16,18H,1-9,11H2. The number of rotatable bonds is 5. The van der Waals surface area contributed by atoms with Gasteiger partial charge in [0.1, 0.15) is 0 Å². The van der Waals surface area contributed by atoms with Crippen molar-refractivity contribution in [2.75, 3.05) is 6.54 Å². The number of aliphatic hydroxyl groups is 1. The first-order valence-corrected chi connectivity index (χ1v) is 8.51. The van der Waals surface area contributed by atoms with Gasteiger partial charge in [0, 0.05) is 24.4 Å². The SMILES string of the molecule is OC1(CNCc2csc(C3CC3)n2)CCCCCC1. The average Bonchev–Trinajstić information content (AvgIpc) is 3.17. The largest absolute Gasteiger partial charge is 0.389 e. The minimum absolute atomic E-state index is 0.480. The molecule has 2 aliphatic carbocycles. The van der Waals surface area contributed by atoms with E-state index in [0.717, 1.165) is 31.0 Å². The maximum absolute atomic E-state index is 10.6. The van der Waals surface area contributed by atoms with Crippen molar-refractivity contribution in [3.63, 3.8) is 0 Å². The number of hydrogen-bond donors (Lipinski definition) is 2. The van der Waals surface area contributed by atoms with Gasteiger partial charge in [-0.3, -0.25) is 0 Å². The van der Waals surface area contributed by atoms with Gasteiger partial charge in [-0.2, -0.15) is 0 Å². The molecule has 2 N–H and O–H groups in total. The third-order valence-corrected chi connectivity index (χ3v) is 5.35. The van der Waals surface area contributed by atoms with Gasteiger partial charge in [0.2, 0.25) is 0 Å². The molecule has 1 aromatic heterocycles. The summed E-state index contributed by atoms with van der Waals surface area (Å²) in [7, 11) is 0. The van der Waals surface area contributed by atoms with E-state index < -0.39 is 5.60 Å². The fourth-order valence-electron chi connectivity index (χ4n) is 2.91. The lowest BCUT2D eigenvalue weighted by Gasteiger charge is -2.26. The third-order valence-electron chi connectivity index (χ3n) is 4.29. The van der Waals surface area contributed by atoms with Gasteiger partial charge in [0.15, 0.2) is 0 Å². The zero-order valence-corrected chi connectivity index (χ0v) is 12.3. The van der Waals surface area contributed by atoms with Crippen LogP contribution in [0.4, 0.5) is 0 Å². The fourth-order valence-corrected chi connectivity index (χ4v) is 3.90. The molecule has 0 bridgehead atoms. The quantitative estimate of drug-likeness (QED) is 0.814. The van der Waals surface area contributed by atoms with Gasteiger partial charge in [-0.05, 0) is 25.7 Å². The topological polar surface area (TPSA) is 45.1 Å². The lowest BCUT2D eigenvalue weighted by molar-refractivity contribution is 0.0250. The van der Waals surface area contributed by atoms with Crippen molar-refractivity contribution in [1.82, 2.24) is 10.3 Å². The van der Waals surface area contributed by atoms with E-state index in [0.29, 0.717) is 6.54 Å². The molecule has 1 heterocycles. The van der Waals surface area contributed by atoms with E-state index in [9.17, 15) is 5.11 Å². The highest BCUT2D eigenvalue weighted by Gasteiger charge is 2.28. The minimum atomic E-state index is -0.480. The number of aromatic nitrogens is 1. The maximum atomic E-state index is 10.6. The first kappa shape index (κ1) is 13.5. The van der Waals surface area contributed by atoms with E-state index in [1.54, 1.807) is 11.3 Å². The lowest BCUT2D eigenvalue weighted by atomic mass is 9.94. The van der Waals surface area contributed by atoms with Crippen LogP contribution in [0.1, 0.15) is 68.0 Å². The molecule has 0 unspecified atom stereocenters. The molecule has 0 aromatic carbocycles. The van der Waals surface area contributed by atoms with E-state index in [-0.39, 0.29) is 0 Å². The Morgan fingerprint density at radius 1 is 1.26 bits per heavy atom. The molecule has 0 saturated heterocycles. The van der Waals surface area contributed by atoms with Crippen molar-refractivity contribution in [2.45, 2.75) is 69.4 Å². The van der Waals surface area contributed by atoms with Gasteiger partial charge < -0.3 is 10.4 Å². The summed E-state index contributed by atoms with van der Waals surface area (Å²) < 4.78 is 0. The van der Waals surface area contributed by atoms with Gasteiger partial charge in [-0.15, -0.1) is 11.3 Å². The second-order valence-electron chi connectivity index (χ2n) is 6.19. The third kappa shape index (κ3) is 3.77. The molecule has 3 rings (SSSR count). The molecule has 2 aliphatic rings. The van der Waals surface area contributed by atoms with Crippen molar-refractivity contribution < 1.29 is 5.11 Å². The molecule has 0 amide bonds. The summed E-state index contributed by atoms with van der Waals surface area (Å²) in [5.41, 5.74) is 0.662. The van der Waals surface area contributed by atoms with Crippen LogP contribution in [0, 0.1) is 0 Å². The summed E-state index contributed by atoms with van der Waals surface area (Å²) in [6.07, 6.45) is 9.43. The van der Waals surface area contributed by atoms with Gasteiger partial charge >= 0.3 is 0 Å². The van der Waals surface area contributed by atoms with Gasteiger partial charge in [0.05, 0.1) is 16.3 Å². The van der Waals surface area contributed by atoms with E-state index in [1.165, 1.54) is 43.5 Å². The highest BCUT2D eigenvalue weighted by Crippen LogP contribution is 2.41.